The van der Waals surface area contributed by atoms with Gasteiger partial charge in [0.2, 0.25) is 0 Å². The van der Waals surface area contributed by atoms with Crippen LogP contribution in [0.25, 0.3) is 0 Å². The van der Waals surface area contributed by atoms with Crippen molar-refractivity contribution in [2.24, 2.45) is 0 Å². The van der Waals surface area contributed by atoms with E-state index in [-0.39, 0.29) is 34.2 Å². The van der Waals surface area contributed by atoms with Crippen molar-refractivity contribution >= 4 is 5.97 Å². The molecule has 0 N–H and O–H groups in total. The number of ether oxygens (including phenoxy) is 1. The molecule has 0 spiro atoms. The highest BCUT2D eigenvalue weighted by atomic mass is 16.5. The van der Waals surface area contributed by atoms with E-state index in [1.54, 1.807) is 7.05 Å². The number of hydroxylamine groups is 3. The molecule has 2 aromatic rings. The molecule has 4 heteroatoms. The second-order valence-electron chi connectivity index (χ2n) is 15.4. The second-order valence-corrected chi connectivity index (χ2v) is 15.4. The molecule has 0 fully saturated rings. The number of carbonyl (C=O) groups excluding carboxylic acids is 1. The van der Waals surface area contributed by atoms with Gasteiger partial charge in [-0.3, -0.25) is 0 Å². The SMILES string of the molecule is CC(C)(C)c1cc(C[N+](C)([O-])CCCOC(=O)c2cc(C(C)(C)C)cc(C(C)(C)C)c2)cc(C(C)(C)C)c1. The Bertz CT molecular complexity index is 1050. The summed E-state index contributed by atoms with van der Waals surface area (Å²) in [5, 5.41) is 13.4. The zero-order valence-corrected chi connectivity index (χ0v) is 26.5. The molecule has 0 bridgehead atoms. The highest BCUT2D eigenvalue weighted by Gasteiger charge is 2.24. The molecule has 38 heavy (non-hydrogen) atoms. The van der Waals surface area contributed by atoms with E-state index in [9.17, 15) is 10.0 Å². The molecule has 0 aliphatic carbocycles. The van der Waals surface area contributed by atoms with Gasteiger partial charge in [-0.15, -0.1) is 0 Å². The standard InChI is InChI=1S/C34H53NO3/c1-31(2,3)26-17-24(18-27(21-26)32(4,5)6)23-35(13,37)15-14-16-38-30(36)25-19-28(33(7,8)9)22-29(20-25)34(10,11)12/h17-22H,14-16,23H2,1-13H3. The van der Waals surface area contributed by atoms with E-state index < -0.39 is 4.65 Å². The Kier molecular flexibility index (Phi) is 9.39. The molecule has 1 unspecified atom stereocenters. The van der Waals surface area contributed by atoms with Gasteiger partial charge in [-0.05, 0) is 68.2 Å². The Labute approximate surface area is 233 Å². The van der Waals surface area contributed by atoms with Gasteiger partial charge in [0.25, 0.3) is 0 Å². The number of hydrogen-bond donors (Lipinski definition) is 0. The van der Waals surface area contributed by atoms with Crippen LogP contribution in [0.1, 0.15) is 128 Å². The van der Waals surface area contributed by atoms with Crippen molar-refractivity contribution in [1.29, 1.82) is 0 Å². The average molecular weight is 524 g/mol. The van der Waals surface area contributed by atoms with Crippen molar-refractivity contribution < 1.29 is 14.2 Å². The third kappa shape index (κ3) is 9.24. The van der Waals surface area contributed by atoms with Gasteiger partial charge < -0.3 is 14.6 Å². The van der Waals surface area contributed by atoms with Gasteiger partial charge >= 0.3 is 5.97 Å². The van der Waals surface area contributed by atoms with Crippen molar-refractivity contribution in [3.8, 4) is 0 Å². The van der Waals surface area contributed by atoms with E-state index >= 15 is 0 Å². The third-order valence-electron chi connectivity index (χ3n) is 7.15. The van der Waals surface area contributed by atoms with Crippen molar-refractivity contribution in [1.82, 2.24) is 0 Å². The molecule has 1 atom stereocenters. The fraction of sp³-hybridized carbons (Fsp3) is 0.618. The Hall–Kier alpha value is -2.17. The zero-order valence-electron chi connectivity index (χ0n) is 26.5. The lowest BCUT2D eigenvalue weighted by Crippen LogP contribution is -2.38. The van der Waals surface area contributed by atoms with Crippen LogP contribution in [0.15, 0.2) is 36.4 Å². The summed E-state index contributed by atoms with van der Waals surface area (Å²) < 4.78 is 5.25. The topological polar surface area (TPSA) is 49.4 Å². The molecule has 2 aromatic carbocycles. The minimum atomic E-state index is -0.400. The predicted molar refractivity (Wildman–Crippen MR) is 161 cm³/mol. The average Bonchev–Trinajstić information content (AvgIpc) is 2.73. The Morgan fingerprint density at radius 2 is 1.05 bits per heavy atom. The van der Waals surface area contributed by atoms with Crippen LogP contribution < -0.4 is 0 Å². The van der Waals surface area contributed by atoms with Crippen LogP contribution in [-0.4, -0.2) is 30.8 Å². The summed E-state index contributed by atoms with van der Waals surface area (Å²) >= 11 is 0. The van der Waals surface area contributed by atoms with Crippen molar-refractivity contribution in [3.05, 3.63) is 75.0 Å². The predicted octanol–water partition coefficient (Wildman–Crippen LogP) is 8.57. The molecular weight excluding hydrogens is 470 g/mol. The summed E-state index contributed by atoms with van der Waals surface area (Å²) in [7, 11) is 1.71. The Balaban J connectivity index is 2.10. The van der Waals surface area contributed by atoms with Crippen LogP contribution in [0.5, 0.6) is 0 Å². The van der Waals surface area contributed by atoms with Crippen molar-refractivity contribution in [2.75, 3.05) is 20.2 Å². The summed E-state index contributed by atoms with van der Waals surface area (Å²) in [6.07, 6.45) is 0.516. The molecule has 2 rings (SSSR count). The zero-order chi connectivity index (χ0) is 29.3. The maximum absolute atomic E-state index is 13.4. The van der Waals surface area contributed by atoms with E-state index in [4.69, 9.17) is 4.74 Å². The van der Waals surface area contributed by atoms with E-state index in [1.165, 1.54) is 11.1 Å². The molecule has 0 amide bonds. The van der Waals surface area contributed by atoms with Crippen LogP contribution in [0, 0.1) is 5.21 Å². The van der Waals surface area contributed by atoms with Crippen LogP contribution in [0.4, 0.5) is 0 Å². The second kappa shape index (κ2) is 11.1. The number of nitrogens with zero attached hydrogens (tertiary/aromatic N) is 1. The first kappa shape index (κ1) is 32.0. The van der Waals surface area contributed by atoms with Crippen molar-refractivity contribution in [2.45, 2.75) is 118 Å². The smallest absolute Gasteiger partial charge is 0.338 e. The molecule has 4 nitrogen and oxygen atoms in total. The number of rotatable bonds is 7. The first-order chi connectivity index (χ1) is 17.0. The van der Waals surface area contributed by atoms with Gasteiger partial charge in [0.15, 0.2) is 0 Å². The van der Waals surface area contributed by atoms with Crippen molar-refractivity contribution in [3.63, 3.8) is 0 Å². The maximum atomic E-state index is 13.4. The fourth-order valence-corrected chi connectivity index (χ4v) is 4.37. The van der Waals surface area contributed by atoms with E-state index in [0.29, 0.717) is 25.1 Å². The van der Waals surface area contributed by atoms with Gasteiger partial charge in [-0.1, -0.05) is 95.2 Å². The number of quaternary nitrogens is 1. The lowest BCUT2D eigenvalue weighted by Gasteiger charge is -2.39. The quantitative estimate of drug-likeness (QED) is 0.158. The first-order valence-corrected chi connectivity index (χ1v) is 14.0. The summed E-state index contributed by atoms with van der Waals surface area (Å²) in [6.45, 7) is 27.2. The van der Waals surface area contributed by atoms with Crippen LogP contribution in [0.3, 0.4) is 0 Å². The largest absolute Gasteiger partial charge is 0.633 e. The summed E-state index contributed by atoms with van der Waals surface area (Å²) in [6, 6.07) is 12.7. The minimum absolute atomic E-state index is 0.00758. The van der Waals surface area contributed by atoms with E-state index in [1.807, 2.05) is 12.1 Å². The van der Waals surface area contributed by atoms with Gasteiger partial charge in [0, 0.05) is 12.0 Å². The molecule has 0 heterocycles. The van der Waals surface area contributed by atoms with Gasteiger partial charge in [0.05, 0.1) is 25.8 Å². The molecule has 0 saturated heterocycles. The molecule has 0 saturated carbocycles. The first-order valence-electron chi connectivity index (χ1n) is 14.0. The number of hydrogen-bond acceptors (Lipinski definition) is 3. The lowest BCUT2D eigenvalue weighted by molar-refractivity contribution is -0.874. The Morgan fingerprint density at radius 1 is 0.684 bits per heavy atom. The number of carbonyl (C=O) groups is 1. The third-order valence-corrected chi connectivity index (χ3v) is 7.15. The highest BCUT2D eigenvalue weighted by molar-refractivity contribution is 5.90. The molecule has 0 aliphatic rings. The maximum Gasteiger partial charge on any atom is 0.338 e. The lowest BCUT2D eigenvalue weighted by atomic mass is 9.79. The molecular formula is C34H53NO3. The van der Waals surface area contributed by atoms with E-state index in [2.05, 4.69) is 107 Å². The minimum Gasteiger partial charge on any atom is -0.633 e. The summed E-state index contributed by atoms with van der Waals surface area (Å²) in [4.78, 5) is 13.0. The normalized spacial score (nSPS) is 14.8. The molecule has 0 aliphatic heterocycles. The summed E-state index contributed by atoms with van der Waals surface area (Å²) in [5.41, 5.74) is 6.25. The van der Waals surface area contributed by atoms with Crippen LogP contribution in [0.2, 0.25) is 0 Å². The Morgan fingerprint density at radius 3 is 1.42 bits per heavy atom. The van der Waals surface area contributed by atoms with E-state index in [0.717, 1.165) is 16.7 Å². The van der Waals surface area contributed by atoms with Crippen LogP contribution >= 0.6 is 0 Å². The molecule has 0 radical (unpaired) electrons. The van der Waals surface area contributed by atoms with Crippen LogP contribution in [-0.2, 0) is 32.9 Å². The van der Waals surface area contributed by atoms with Gasteiger partial charge in [-0.2, -0.15) is 0 Å². The monoisotopic (exact) mass is 523 g/mol. The highest BCUT2D eigenvalue weighted by Crippen LogP contribution is 2.32. The number of benzene rings is 2. The van der Waals surface area contributed by atoms with Gasteiger partial charge in [-0.25, -0.2) is 4.79 Å². The summed E-state index contributed by atoms with van der Waals surface area (Å²) in [5.74, 6) is -0.325. The number of esters is 1. The van der Waals surface area contributed by atoms with Gasteiger partial charge in [0.1, 0.15) is 6.54 Å². The molecule has 212 valence electrons. The fourth-order valence-electron chi connectivity index (χ4n) is 4.37. The molecule has 0 aromatic heterocycles.